The first kappa shape index (κ1) is 21.6. The Hall–Kier alpha value is -3.64. The van der Waals surface area contributed by atoms with Crippen molar-refractivity contribution in [1.82, 2.24) is 5.01 Å². The van der Waals surface area contributed by atoms with Crippen molar-refractivity contribution in [2.75, 3.05) is 25.5 Å². The van der Waals surface area contributed by atoms with Crippen LogP contribution in [-0.4, -0.2) is 42.8 Å². The lowest BCUT2D eigenvalue weighted by Gasteiger charge is -2.16. The van der Waals surface area contributed by atoms with E-state index in [4.69, 9.17) is 21.4 Å². The topological polar surface area (TPSA) is 71.0 Å². The normalized spacial score (nSPS) is 15.2. The number of nitrogens with one attached hydrogen (secondary N) is 1. The summed E-state index contributed by atoms with van der Waals surface area (Å²) in [5, 5.41) is 10.1. The zero-order valence-electron chi connectivity index (χ0n) is 17.5. The number of carbonyl (C=O) groups excluding carboxylic acids is 2. The van der Waals surface area contributed by atoms with E-state index in [1.165, 1.54) is 7.11 Å². The van der Waals surface area contributed by atoms with Crippen LogP contribution in [0.5, 0.6) is 0 Å². The molecular weight excluding hydrogens is 426 g/mol. The standard InChI is InChI=1S/C25H22ClN3O3/c1-32-25(31)19-9-13-21(14-10-19)27-23(30)16-29-15-22(17-5-3-2-4-6-17)24(28-29)18-7-11-20(26)12-8-18/h2-14,22H,15-16H2,1H3,(H,27,30). The molecule has 1 aliphatic heterocycles. The van der Waals surface area contributed by atoms with Crippen LogP contribution in [0.1, 0.15) is 27.4 Å². The minimum absolute atomic E-state index is 0.0458. The highest BCUT2D eigenvalue weighted by atomic mass is 35.5. The minimum atomic E-state index is -0.420. The van der Waals surface area contributed by atoms with Crippen LogP contribution in [-0.2, 0) is 9.53 Å². The molecule has 1 N–H and O–H groups in total. The first-order valence-corrected chi connectivity index (χ1v) is 10.5. The number of nitrogens with zero attached hydrogens (tertiary/aromatic N) is 2. The quantitative estimate of drug-likeness (QED) is 0.562. The molecule has 0 saturated carbocycles. The molecule has 4 rings (SSSR count). The third kappa shape index (κ3) is 4.98. The third-order valence-electron chi connectivity index (χ3n) is 5.23. The van der Waals surface area contributed by atoms with E-state index in [-0.39, 0.29) is 18.4 Å². The van der Waals surface area contributed by atoms with Gasteiger partial charge in [0.1, 0.15) is 6.54 Å². The minimum Gasteiger partial charge on any atom is -0.465 e. The Kier molecular flexibility index (Phi) is 6.52. The van der Waals surface area contributed by atoms with Gasteiger partial charge in [-0.3, -0.25) is 9.80 Å². The monoisotopic (exact) mass is 447 g/mol. The SMILES string of the molecule is COC(=O)c1ccc(NC(=O)CN2CC(c3ccccc3)C(c3ccc(Cl)cc3)=N2)cc1. The first-order valence-electron chi connectivity index (χ1n) is 10.2. The summed E-state index contributed by atoms with van der Waals surface area (Å²) in [5.41, 5.74) is 4.05. The van der Waals surface area contributed by atoms with E-state index in [0.717, 1.165) is 16.8 Å². The van der Waals surface area contributed by atoms with E-state index in [0.29, 0.717) is 22.8 Å². The van der Waals surface area contributed by atoms with Crippen molar-refractivity contribution in [2.45, 2.75) is 5.92 Å². The average Bonchev–Trinajstić information content (AvgIpc) is 3.23. The Balaban J connectivity index is 1.48. The second-order valence-corrected chi connectivity index (χ2v) is 7.86. The van der Waals surface area contributed by atoms with Gasteiger partial charge in [-0.25, -0.2) is 4.79 Å². The summed E-state index contributed by atoms with van der Waals surface area (Å²) in [6.07, 6.45) is 0. The smallest absolute Gasteiger partial charge is 0.337 e. The predicted octanol–water partition coefficient (Wildman–Crippen LogP) is 4.57. The number of benzene rings is 3. The number of hydrogen-bond acceptors (Lipinski definition) is 5. The fourth-order valence-corrected chi connectivity index (χ4v) is 3.79. The molecule has 1 unspecified atom stereocenters. The summed E-state index contributed by atoms with van der Waals surface area (Å²) in [6, 6.07) is 24.3. The van der Waals surface area contributed by atoms with Crippen LogP contribution in [0.2, 0.25) is 5.02 Å². The van der Waals surface area contributed by atoms with Crippen molar-refractivity contribution in [3.63, 3.8) is 0 Å². The molecule has 7 heteroatoms. The maximum atomic E-state index is 12.6. The van der Waals surface area contributed by atoms with Crippen LogP contribution in [0.3, 0.4) is 0 Å². The summed E-state index contributed by atoms with van der Waals surface area (Å²) in [6.45, 7) is 0.704. The number of amides is 1. The molecule has 0 spiro atoms. The summed E-state index contributed by atoms with van der Waals surface area (Å²) < 4.78 is 4.69. The second kappa shape index (κ2) is 9.66. The van der Waals surface area contributed by atoms with Gasteiger partial charge in [-0.15, -0.1) is 0 Å². The lowest BCUT2D eigenvalue weighted by molar-refractivity contribution is -0.117. The van der Waals surface area contributed by atoms with Gasteiger partial charge >= 0.3 is 5.97 Å². The van der Waals surface area contributed by atoms with E-state index in [9.17, 15) is 9.59 Å². The molecule has 162 valence electrons. The van der Waals surface area contributed by atoms with Gasteiger partial charge in [0.25, 0.3) is 0 Å². The van der Waals surface area contributed by atoms with Crippen molar-refractivity contribution in [1.29, 1.82) is 0 Å². The lowest BCUT2D eigenvalue weighted by atomic mass is 9.91. The number of methoxy groups -OCH3 is 1. The first-order chi connectivity index (χ1) is 15.5. The third-order valence-corrected chi connectivity index (χ3v) is 5.48. The summed E-state index contributed by atoms with van der Waals surface area (Å²) in [4.78, 5) is 24.2. The molecule has 0 radical (unpaired) electrons. The van der Waals surface area contributed by atoms with Crippen molar-refractivity contribution >= 4 is 34.9 Å². The molecule has 0 bridgehead atoms. The Labute approximate surface area is 191 Å². The van der Waals surface area contributed by atoms with E-state index in [2.05, 4.69) is 17.4 Å². The number of carbonyl (C=O) groups is 2. The largest absolute Gasteiger partial charge is 0.465 e. The van der Waals surface area contributed by atoms with Crippen LogP contribution in [0, 0.1) is 0 Å². The van der Waals surface area contributed by atoms with Gasteiger partial charge in [0.05, 0.1) is 18.4 Å². The van der Waals surface area contributed by atoms with Crippen molar-refractivity contribution < 1.29 is 14.3 Å². The molecule has 1 amide bonds. The predicted molar refractivity (Wildman–Crippen MR) is 125 cm³/mol. The van der Waals surface area contributed by atoms with Gasteiger partial charge in [-0.2, -0.15) is 5.10 Å². The molecule has 1 heterocycles. The van der Waals surface area contributed by atoms with E-state index in [1.54, 1.807) is 29.3 Å². The second-order valence-electron chi connectivity index (χ2n) is 7.42. The van der Waals surface area contributed by atoms with Crippen molar-refractivity contribution in [2.24, 2.45) is 5.10 Å². The molecule has 3 aromatic rings. The molecule has 0 aliphatic carbocycles. The number of halogens is 1. The molecular formula is C25H22ClN3O3. The van der Waals surface area contributed by atoms with Crippen molar-refractivity contribution in [3.05, 3.63) is 101 Å². The van der Waals surface area contributed by atoms with Gasteiger partial charge in [-0.05, 0) is 47.5 Å². The summed E-state index contributed by atoms with van der Waals surface area (Å²) in [5.74, 6) is -0.566. The van der Waals surface area contributed by atoms with Gasteiger partial charge in [0, 0.05) is 23.2 Å². The number of hydrazone groups is 1. The fourth-order valence-electron chi connectivity index (χ4n) is 3.66. The Morgan fingerprint density at radius 1 is 1.03 bits per heavy atom. The summed E-state index contributed by atoms with van der Waals surface area (Å²) >= 11 is 6.05. The fraction of sp³-hybridized carbons (Fsp3) is 0.160. The van der Waals surface area contributed by atoms with E-state index >= 15 is 0 Å². The van der Waals surface area contributed by atoms with Gasteiger partial charge < -0.3 is 10.1 Å². The molecule has 32 heavy (non-hydrogen) atoms. The van der Waals surface area contributed by atoms with Crippen LogP contribution < -0.4 is 5.32 Å². The molecule has 0 fully saturated rings. The van der Waals surface area contributed by atoms with Crippen LogP contribution >= 0.6 is 11.6 Å². The molecule has 0 aromatic heterocycles. The molecule has 0 saturated heterocycles. The molecule has 1 atom stereocenters. The number of anilines is 1. The Bertz CT molecular complexity index is 1130. The molecule has 1 aliphatic rings. The molecule has 6 nitrogen and oxygen atoms in total. The maximum absolute atomic E-state index is 12.6. The van der Waals surface area contributed by atoms with Crippen LogP contribution in [0.4, 0.5) is 5.69 Å². The van der Waals surface area contributed by atoms with Gasteiger partial charge in [0.2, 0.25) is 5.91 Å². The molecule has 3 aromatic carbocycles. The van der Waals surface area contributed by atoms with Crippen LogP contribution in [0.15, 0.2) is 84.0 Å². The highest BCUT2D eigenvalue weighted by molar-refractivity contribution is 6.30. The number of esters is 1. The van der Waals surface area contributed by atoms with Gasteiger partial charge in [0.15, 0.2) is 0 Å². The number of hydrogen-bond donors (Lipinski definition) is 1. The Morgan fingerprint density at radius 3 is 2.38 bits per heavy atom. The average molecular weight is 448 g/mol. The highest BCUT2D eigenvalue weighted by Crippen LogP contribution is 2.29. The summed E-state index contributed by atoms with van der Waals surface area (Å²) in [7, 11) is 1.33. The Morgan fingerprint density at radius 2 is 1.72 bits per heavy atom. The van der Waals surface area contributed by atoms with E-state index in [1.807, 2.05) is 42.5 Å². The highest BCUT2D eigenvalue weighted by Gasteiger charge is 2.30. The maximum Gasteiger partial charge on any atom is 0.337 e. The van der Waals surface area contributed by atoms with Crippen LogP contribution in [0.25, 0.3) is 0 Å². The number of ether oxygens (including phenoxy) is 1. The van der Waals surface area contributed by atoms with Gasteiger partial charge in [-0.1, -0.05) is 54.1 Å². The zero-order chi connectivity index (χ0) is 22.5. The lowest BCUT2D eigenvalue weighted by Crippen LogP contribution is -2.29. The van der Waals surface area contributed by atoms with E-state index < -0.39 is 5.97 Å². The zero-order valence-corrected chi connectivity index (χ0v) is 18.3. The van der Waals surface area contributed by atoms with Crippen molar-refractivity contribution in [3.8, 4) is 0 Å². The number of rotatable bonds is 6.